The van der Waals surface area contributed by atoms with E-state index >= 15 is 0 Å². The lowest BCUT2D eigenvalue weighted by atomic mass is 10.0. The molecule has 0 unspecified atom stereocenters. The van der Waals surface area contributed by atoms with Crippen LogP contribution in [0.4, 0.5) is 0 Å². The van der Waals surface area contributed by atoms with Gasteiger partial charge < -0.3 is 15.1 Å². The fraction of sp³-hybridized carbons (Fsp3) is 0.647. The van der Waals surface area contributed by atoms with Gasteiger partial charge >= 0.3 is 0 Å². The summed E-state index contributed by atoms with van der Waals surface area (Å²) in [5.41, 5.74) is 1.46. The maximum Gasteiger partial charge on any atom is 0.0101 e. The summed E-state index contributed by atoms with van der Waals surface area (Å²) in [6.07, 6.45) is 3.77. The van der Waals surface area contributed by atoms with E-state index in [-0.39, 0.29) is 0 Å². The Morgan fingerprint density at radius 2 is 1.85 bits per heavy atom. The molecule has 1 heterocycles. The number of piperidine rings is 1. The second kappa shape index (κ2) is 8.40. The molecule has 0 saturated carbocycles. The number of nitrogens with one attached hydrogen (secondary N) is 1. The molecule has 20 heavy (non-hydrogen) atoms. The number of likely N-dealkylation sites (tertiary alicyclic amines) is 1. The van der Waals surface area contributed by atoms with E-state index in [4.69, 9.17) is 0 Å². The summed E-state index contributed by atoms with van der Waals surface area (Å²) in [6, 6.07) is 11.6. The third-order valence-electron chi connectivity index (χ3n) is 4.14. The molecule has 0 atom stereocenters. The van der Waals surface area contributed by atoms with E-state index < -0.39 is 0 Å². The third-order valence-corrected chi connectivity index (χ3v) is 4.14. The molecular formula is C17H29N3. The van der Waals surface area contributed by atoms with Gasteiger partial charge in [-0.2, -0.15) is 0 Å². The maximum atomic E-state index is 3.68. The average Bonchev–Trinajstić information content (AvgIpc) is 2.47. The second-order valence-corrected chi connectivity index (χ2v) is 6.11. The molecule has 112 valence electrons. The molecule has 1 aromatic rings. The minimum Gasteiger partial charge on any atom is -0.313 e. The van der Waals surface area contributed by atoms with Gasteiger partial charge in [-0.1, -0.05) is 30.3 Å². The first-order valence-corrected chi connectivity index (χ1v) is 7.88. The van der Waals surface area contributed by atoms with E-state index in [1.54, 1.807) is 0 Å². The summed E-state index contributed by atoms with van der Waals surface area (Å²) in [6.45, 7) is 5.93. The maximum absolute atomic E-state index is 3.68. The molecule has 1 aliphatic heterocycles. The number of rotatable bonds is 7. The average molecular weight is 275 g/mol. The molecule has 1 N–H and O–H groups in total. The monoisotopic (exact) mass is 275 g/mol. The lowest BCUT2D eigenvalue weighted by Crippen LogP contribution is -2.44. The van der Waals surface area contributed by atoms with Crippen LogP contribution in [0.5, 0.6) is 0 Å². The first kappa shape index (κ1) is 15.5. The number of hydrogen-bond donors (Lipinski definition) is 1. The first-order chi connectivity index (χ1) is 9.74. The molecule has 0 aromatic heterocycles. The van der Waals surface area contributed by atoms with Gasteiger partial charge in [-0.25, -0.2) is 0 Å². The predicted molar refractivity (Wildman–Crippen MR) is 86.2 cm³/mol. The van der Waals surface area contributed by atoms with E-state index in [1.807, 2.05) is 0 Å². The fourth-order valence-corrected chi connectivity index (χ4v) is 2.78. The van der Waals surface area contributed by atoms with Crippen molar-refractivity contribution in [3.05, 3.63) is 35.9 Å². The van der Waals surface area contributed by atoms with Gasteiger partial charge in [0.05, 0.1) is 0 Å². The van der Waals surface area contributed by atoms with Gasteiger partial charge in [0.25, 0.3) is 0 Å². The van der Waals surface area contributed by atoms with Gasteiger partial charge in [0.15, 0.2) is 0 Å². The van der Waals surface area contributed by atoms with E-state index in [9.17, 15) is 0 Å². The van der Waals surface area contributed by atoms with Crippen molar-refractivity contribution in [1.82, 2.24) is 15.1 Å². The summed E-state index contributed by atoms with van der Waals surface area (Å²) in [4.78, 5) is 4.85. The van der Waals surface area contributed by atoms with Crippen LogP contribution in [0.3, 0.4) is 0 Å². The number of nitrogens with zero attached hydrogens (tertiary/aromatic N) is 2. The van der Waals surface area contributed by atoms with E-state index in [0.29, 0.717) is 0 Å². The highest BCUT2D eigenvalue weighted by Crippen LogP contribution is 2.11. The predicted octanol–water partition coefficient (Wildman–Crippen LogP) is 1.84. The molecule has 3 heteroatoms. The molecular weight excluding hydrogens is 246 g/mol. The van der Waals surface area contributed by atoms with Crippen LogP contribution >= 0.6 is 0 Å². The quantitative estimate of drug-likeness (QED) is 0.819. The summed E-state index contributed by atoms with van der Waals surface area (Å²) in [7, 11) is 4.27. The molecule has 1 aliphatic rings. The molecule has 0 radical (unpaired) electrons. The Morgan fingerprint density at radius 1 is 1.15 bits per heavy atom. The molecule has 0 aliphatic carbocycles. The van der Waals surface area contributed by atoms with Crippen LogP contribution in [-0.2, 0) is 6.42 Å². The molecule has 0 bridgehead atoms. The number of hydrogen-bond acceptors (Lipinski definition) is 3. The van der Waals surface area contributed by atoms with E-state index in [0.717, 1.165) is 19.1 Å². The zero-order valence-corrected chi connectivity index (χ0v) is 13.0. The highest BCUT2D eigenvalue weighted by Gasteiger charge is 2.18. The van der Waals surface area contributed by atoms with Crippen LogP contribution in [0.25, 0.3) is 0 Å². The molecule has 2 rings (SSSR count). The zero-order valence-electron chi connectivity index (χ0n) is 13.0. The van der Waals surface area contributed by atoms with Crippen molar-refractivity contribution in [1.29, 1.82) is 0 Å². The molecule has 1 fully saturated rings. The Balaban J connectivity index is 1.59. The Kier molecular flexibility index (Phi) is 6.51. The SMILES string of the molecule is CN(C)CCNC1CCN(CCc2ccccc2)CC1. The Bertz CT molecular complexity index is 356. The molecule has 3 nitrogen and oxygen atoms in total. The summed E-state index contributed by atoms with van der Waals surface area (Å²) in [5.74, 6) is 0. The highest BCUT2D eigenvalue weighted by molar-refractivity contribution is 5.14. The van der Waals surface area contributed by atoms with E-state index in [1.165, 1.54) is 44.5 Å². The van der Waals surface area contributed by atoms with E-state index in [2.05, 4.69) is 59.5 Å². The summed E-state index contributed by atoms with van der Waals surface area (Å²) in [5, 5.41) is 3.68. The van der Waals surface area contributed by atoms with Gasteiger partial charge in [0.2, 0.25) is 0 Å². The normalized spacial score (nSPS) is 17.8. The lowest BCUT2D eigenvalue weighted by molar-refractivity contribution is 0.198. The van der Waals surface area contributed by atoms with Crippen molar-refractivity contribution < 1.29 is 0 Å². The minimum absolute atomic E-state index is 0.725. The topological polar surface area (TPSA) is 18.5 Å². The van der Waals surface area contributed by atoms with Gasteiger partial charge in [-0.15, -0.1) is 0 Å². The van der Waals surface area contributed by atoms with Gasteiger partial charge in [-0.05, 0) is 52.0 Å². The van der Waals surface area contributed by atoms with Gasteiger partial charge in [0.1, 0.15) is 0 Å². The smallest absolute Gasteiger partial charge is 0.0101 e. The molecule has 0 amide bonds. The largest absolute Gasteiger partial charge is 0.313 e. The van der Waals surface area contributed by atoms with Crippen molar-refractivity contribution in [3.63, 3.8) is 0 Å². The minimum atomic E-state index is 0.725. The van der Waals surface area contributed by atoms with Crippen LogP contribution in [0, 0.1) is 0 Å². The van der Waals surface area contributed by atoms with Crippen molar-refractivity contribution in [2.75, 3.05) is 46.8 Å². The van der Waals surface area contributed by atoms with Crippen LogP contribution in [0.15, 0.2) is 30.3 Å². The van der Waals surface area contributed by atoms with Crippen molar-refractivity contribution in [2.45, 2.75) is 25.3 Å². The second-order valence-electron chi connectivity index (χ2n) is 6.11. The highest BCUT2D eigenvalue weighted by atomic mass is 15.1. The summed E-state index contributed by atoms with van der Waals surface area (Å²) >= 11 is 0. The third kappa shape index (κ3) is 5.61. The Labute approximate surface area is 124 Å². The van der Waals surface area contributed by atoms with Crippen LogP contribution in [0.2, 0.25) is 0 Å². The van der Waals surface area contributed by atoms with Crippen LogP contribution in [-0.4, -0.2) is 62.7 Å². The number of benzene rings is 1. The Hall–Kier alpha value is -0.900. The molecule has 1 aromatic carbocycles. The van der Waals surface area contributed by atoms with Crippen LogP contribution < -0.4 is 5.32 Å². The van der Waals surface area contributed by atoms with Gasteiger partial charge in [-0.3, -0.25) is 0 Å². The first-order valence-electron chi connectivity index (χ1n) is 7.88. The molecule has 1 saturated heterocycles. The standard InChI is InChI=1S/C17H29N3/c1-19(2)15-11-18-17-9-13-20(14-10-17)12-8-16-6-4-3-5-7-16/h3-7,17-18H,8-15H2,1-2H3. The van der Waals surface area contributed by atoms with Crippen LogP contribution in [0.1, 0.15) is 18.4 Å². The van der Waals surface area contributed by atoms with Crippen molar-refractivity contribution in [3.8, 4) is 0 Å². The summed E-state index contributed by atoms with van der Waals surface area (Å²) < 4.78 is 0. The Morgan fingerprint density at radius 3 is 2.50 bits per heavy atom. The number of likely N-dealkylation sites (N-methyl/N-ethyl adjacent to an activating group) is 1. The van der Waals surface area contributed by atoms with Crippen molar-refractivity contribution in [2.24, 2.45) is 0 Å². The van der Waals surface area contributed by atoms with Crippen molar-refractivity contribution >= 4 is 0 Å². The zero-order chi connectivity index (χ0) is 14.2. The van der Waals surface area contributed by atoms with Gasteiger partial charge in [0, 0.05) is 25.7 Å². The lowest BCUT2D eigenvalue weighted by Gasteiger charge is -2.32. The fourth-order valence-electron chi connectivity index (χ4n) is 2.78. The molecule has 0 spiro atoms.